The Kier molecular flexibility index (Phi) is 6.12. The lowest BCUT2D eigenvalue weighted by atomic mass is 10.1. The molecule has 0 saturated heterocycles. The van der Waals surface area contributed by atoms with Crippen LogP contribution in [-0.2, 0) is 9.78 Å². The van der Waals surface area contributed by atoms with E-state index in [1.165, 1.54) is 30.3 Å². The molecule has 3 rings (SSSR count). The summed E-state index contributed by atoms with van der Waals surface area (Å²) in [4.78, 5) is 43.9. The van der Waals surface area contributed by atoms with E-state index in [2.05, 4.69) is 9.78 Å². The van der Waals surface area contributed by atoms with E-state index in [1.807, 2.05) is 0 Å². The average molecular weight is 389 g/mol. The highest BCUT2D eigenvalue weighted by atomic mass is 17.2. The molecule has 0 heterocycles. The van der Waals surface area contributed by atoms with Gasteiger partial charge >= 0.3 is 11.9 Å². The summed E-state index contributed by atoms with van der Waals surface area (Å²) in [5, 5.41) is 10.9. The molecule has 7 nitrogen and oxygen atoms in total. The SMILES string of the molecule is O=C(OOC(=O)c1ccccc1C=Cc1cccc([N+](=O)[O-])c1)c1ccccc1. The molecule has 0 fully saturated rings. The van der Waals surface area contributed by atoms with Gasteiger partial charge in [-0.1, -0.05) is 60.7 Å². The van der Waals surface area contributed by atoms with E-state index in [0.717, 1.165) is 0 Å². The number of hydrogen-bond acceptors (Lipinski definition) is 6. The van der Waals surface area contributed by atoms with Crippen LogP contribution < -0.4 is 0 Å². The Morgan fingerprint density at radius 3 is 2.24 bits per heavy atom. The van der Waals surface area contributed by atoms with Gasteiger partial charge in [0, 0.05) is 12.1 Å². The van der Waals surface area contributed by atoms with Crippen LogP contribution in [0.5, 0.6) is 0 Å². The van der Waals surface area contributed by atoms with Gasteiger partial charge < -0.3 is 0 Å². The van der Waals surface area contributed by atoms with Crippen molar-refractivity contribution >= 4 is 29.8 Å². The van der Waals surface area contributed by atoms with Gasteiger partial charge in [0.05, 0.1) is 16.1 Å². The molecule has 0 N–H and O–H groups in total. The molecular formula is C22H15NO6. The molecular weight excluding hydrogens is 374 g/mol. The highest BCUT2D eigenvalue weighted by molar-refractivity contribution is 5.95. The molecule has 144 valence electrons. The minimum Gasteiger partial charge on any atom is -0.258 e. The zero-order valence-corrected chi connectivity index (χ0v) is 15.1. The molecule has 29 heavy (non-hydrogen) atoms. The van der Waals surface area contributed by atoms with Gasteiger partial charge in [-0.2, -0.15) is 0 Å². The van der Waals surface area contributed by atoms with Gasteiger partial charge in [0.2, 0.25) is 0 Å². The molecule has 0 saturated carbocycles. The summed E-state index contributed by atoms with van der Waals surface area (Å²) >= 11 is 0. The fourth-order valence-corrected chi connectivity index (χ4v) is 2.50. The summed E-state index contributed by atoms with van der Waals surface area (Å²) in [6.45, 7) is 0. The molecule has 0 aliphatic rings. The van der Waals surface area contributed by atoms with Crippen LogP contribution in [0, 0.1) is 10.1 Å². The van der Waals surface area contributed by atoms with Crippen LogP contribution in [0.4, 0.5) is 5.69 Å². The zero-order valence-electron chi connectivity index (χ0n) is 15.1. The van der Waals surface area contributed by atoms with Crippen molar-refractivity contribution < 1.29 is 24.3 Å². The Morgan fingerprint density at radius 1 is 0.793 bits per heavy atom. The molecule has 7 heteroatoms. The topological polar surface area (TPSA) is 95.7 Å². The van der Waals surface area contributed by atoms with E-state index in [4.69, 9.17) is 0 Å². The highest BCUT2D eigenvalue weighted by Crippen LogP contribution is 2.18. The van der Waals surface area contributed by atoms with Gasteiger partial charge in [-0.25, -0.2) is 19.4 Å². The lowest BCUT2D eigenvalue weighted by Gasteiger charge is -2.06. The van der Waals surface area contributed by atoms with E-state index >= 15 is 0 Å². The maximum absolute atomic E-state index is 12.3. The lowest BCUT2D eigenvalue weighted by Crippen LogP contribution is -2.12. The van der Waals surface area contributed by atoms with Crippen LogP contribution in [0.3, 0.4) is 0 Å². The van der Waals surface area contributed by atoms with Crippen molar-refractivity contribution in [1.82, 2.24) is 0 Å². The molecule has 0 aromatic heterocycles. The smallest absolute Gasteiger partial charge is 0.258 e. The fraction of sp³-hybridized carbons (Fsp3) is 0. The molecule has 0 unspecified atom stereocenters. The van der Waals surface area contributed by atoms with Crippen LogP contribution in [0.1, 0.15) is 31.8 Å². The Hall–Kier alpha value is -4.26. The number of carbonyl (C=O) groups excluding carboxylic acids is 2. The van der Waals surface area contributed by atoms with E-state index in [-0.39, 0.29) is 16.8 Å². The fourth-order valence-electron chi connectivity index (χ4n) is 2.50. The van der Waals surface area contributed by atoms with Crippen molar-refractivity contribution in [3.8, 4) is 0 Å². The predicted molar refractivity (Wildman–Crippen MR) is 106 cm³/mol. The summed E-state index contributed by atoms with van der Waals surface area (Å²) < 4.78 is 0. The minimum atomic E-state index is -0.839. The quantitative estimate of drug-likeness (QED) is 0.272. The number of carbonyl (C=O) groups is 2. The van der Waals surface area contributed by atoms with Crippen molar-refractivity contribution in [2.45, 2.75) is 0 Å². The second kappa shape index (κ2) is 9.09. The number of nitrogens with zero attached hydrogens (tertiary/aromatic N) is 1. The van der Waals surface area contributed by atoms with Gasteiger partial charge in [0.15, 0.2) is 0 Å². The van der Waals surface area contributed by atoms with E-state index in [0.29, 0.717) is 11.1 Å². The summed E-state index contributed by atoms with van der Waals surface area (Å²) in [5.74, 6) is -1.63. The van der Waals surface area contributed by atoms with Gasteiger partial charge in [0.1, 0.15) is 0 Å². The normalized spacial score (nSPS) is 10.5. The van der Waals surface area contributed by atoms with Gasteiger partial charge in [0.25, 0.3) is 5.69 Å². The molecule has 0 bridgehead atoms. The maximum Gasteiger partial charge on any atom is 0.386 e. The Bertz CT molecular complexity index is 1080. The maximum atomic E-state index is 12.3. The van der Waals surface area contributed by atoms with Crippen LogP contribution in [0.2, 0.25) is 0 Å². The highest BCUT2D eigenvalue weighted by Gasteiger charge is 2.16. The van der Waals surface area contributed by atoms with E-state index in [1.54, 1.807) is 60.7 Å². The van der Waals surface area contributed by atoms with Crippen LogP contribution in [0.15, 0.2) is 78.9 Å². The van der Waals surface area contributed by atoms with Crippen LogP contribution in [0.25, 0.3) is 12.2 Å². The summed E-state index contributed by atoms with van der Waals surface area (Å²) in [5.41, 5.74) is 1.49. The number of non-ortho nitro benzene ring substituents is 1. The molecule has 0 aliphatic heterocycles. The summed E-state index contributed by atoms with van der Waals surface area (Å²) in [6.07, 6.45) is 3.25. The first-order valence-corrected chi connectivity index (χ1v) is 8.54. The van der Waals surface area contributed by atoms with Crippen molar-refractivity contribution in [2.75, 3.05) is 0 Å². The molecule has 0 atom stereocenters. The van der Waals surface area contributed by atoms with Crippen molar-refractivity contribution in [3.05, 3.63) is 111 Å². The van der Waals surface area contributed by atoms with E-state index < -0.39 is 16.9 Å². The number of nitro benzene ring substituents is 1. The van der Waals surface area contributed by atoms with Crippen molar-refractivity contribution in [2.24, 2.45) is 0 Å². The average Bonchev–Trinajstić information content (AvgIpc) is 2.76. The number of nitro groups is 1. The summed E-state index contributed by atoms with van der Waals surface area (Å²) in [7, 11) is 0. The molecule has 3 aromatic carbocycles. The standard InChI is InChI=1S/C22H15NO6/c24-21(18-9-2-1-3-10-18)28-29-22(25)20-12-5-4-8-17(20)14-13-16-7-6-11-19(15-16)23(26)27/h1-15H. The number of benzene rings is 3. The van der Waals surface area contributed by atoms with E-state index in [9.17, 15) is 19.7 Å². The monoisotopic (exact) mass is 389 g/mol. The third-order valence-corrected chi connectivity index (χ3v) is 3.92. The second-order valence-electron chi connectivity index (χ2n) is 5.88. The molecule has 0 spiro atoms. The third-order valence-electron chi connectivity index (χ3n) is 3.92. The minimum absolute atomic E-state index is 0.0346. The second-order valence-corrected chi connectivity index (χ2v) is 5.88. The molecule has 0 amide bonds. The van der Waals surface area contributed by atoms with Gasteiger partial charge in [-0.15, -0.1) is 0 Å². The third kappa shape index (κ3) is 5.14. The predicted octanol–water partition coefficient (Wildman–Crippen LogP) is 4.69. The van der Waals surface area contributed by atoms with Crippen molar-refractivity contribution in [1.29, 1.82) is 0 Å². The summed E-state index contributed by atoms with van der Waals surface area (Å²) in [6, 6.07) is 20.8. The zero-order chi connectivity index (χ0) is 20.6. The van der Waals surface area contributed by atoms with Gasteiger partial charge in [-0.3, -0.25) is 10.1 Å². The molecule has 0 aliphatic carbocycles. The van der Waals surface area contributed by atoms with Gasteiger partial charge in [-0.05, 0) is 29.3 Å². The van der Waals surface area contributed by atoms with Crippen molar-refractivity contribution in [3.63, 3.8) is 0 Å². The Balaban J connectivity index is 1.73. The lowest BCUT2D eigenvalue weighted by molar-refractivity contribution is -0.384. The van der Waals surface area contributed by atoms with Crippen LogP contribution >= 0.6 is 0 Å². The Labute approximate surface area is 165 Å². The molecule has 3 aromatic rings. The first-order valence-electron chi connectivity index (χ1n) is 8.54. The molecule has 0 radical (unpaired) electrons. The number of rotatable bonds is 5. The largest absolute Gasteiger partial charge is 0.386 e. The first kappa shape index (κ1) is 19.5. The van der Waals surface area contributed by atoms with Crippen LogP contribution in [-0.4, -0.2) is 16.9 Å². The Morgan fingerprint density at radius 2 is 1.48 bits per heavy atom. The first-order chi connectivity index (χ1) is 14.0. The number of hydrogen-bond donors (Lipinski definition) is 0.